The molecule has 0 aliphatic rings. The molecule has 0 saturated heterocycles. The topological polar surface area (TPSA) is 106 Å². The monoisotopic (exact) mass is 497 g/mol. The molecule has 1 amide bonds. The van der Waals surface area contributed by atoms with E-state index in [9.17, 15) is 4.79 Å². The first-order valence-electron chi connectivity index (χ1n) is 13.5. The van der Waals surface area contributed by atoms with Gasteiger partial charge in [-0.3, -0.25) is 15.1 Å². The van der Waals surface area contributed by atoms with Gasteiger partial charge in [0.25, 0.3) is 0 Å². The largest absolute Gasteiger partial charge is 0.417 e. The Balaban J connectivity index is 1.51. The zero-order valence-electron chi connectivity index (χ0n) is 21.8. The van der Waals surface area contributed by atoms with Gasteiger partial charge in [-0.1, -0.05) is 59.3 Å². The Bertz CT molecular complexity index is 1060. The second-order valence-corrected chi connectivity index (χ2v) is 13.8. The summed E-state index contributed by atoms with van der Waals surface area (Å²) in [5.41, 5.74) is 7.93. The standard InChI is InChI=1S/C27H43N5O2Si/c1-4-7-18-35(19-8-5-2,20-9-6-3)34-17-11-10-12-24(33)31-27-30-23-14-13-22-21(15-16-29-22)25(23)26(28)32-27/h13-16H,4-12,17-20,28H2,1-3H3,(H2,30,31,32,33). The van der Waals surface area contributed by atoms with Gasteiger partial charge in [0.1, 0.15) is 5.82 Å². The van der Waals surface area contributed by atoms with E-state index in [2.05, 4.69) is 41.0 Å². The molecule has 0 saturated carbocycles. The fourth-order valence-corrected chi connectivity index (χ4v) is 9.57. The van der Waals surface area contributed by atoms with Gasteiger partial charge in [0.05, 0.1) is 11.0 Å². The average Bonchev–Trinajstić information content (AvgIpc) is 3.33. The molecular formula is C27H43N5O2Si. The van der Waals surface area contributed by atoms with Crippen LogP contribution < -0.4 is 11.1 Å². The predicted octanol–water partition coefficient (Wildman–Crippen LogP) is 7.16. The van der Waals surface area contributed by atoms with E-state index < -0.39 is 8.32 Å². The fraction of sp³-hybridized carbons (Fsp3) is 0.593. The van der Waals surface area contributed by atoms with Gasteiger partial charge in [-0.05, 0) is 49.2 Å². The summed E-state index contributed by atoms with van der Waals surface area (Å²) in [5.74, 6) is 0.698. The summed E-state index contributed by atoms with van der Waals surface area (Å²) in [6.45, 7) is 7.58. The van der Waals surface area contributed by atoms with E-state index in [1.807, 2.05) is 18.2 Å². The molecular weight excluding hydrogens is 454 g/mol. The maximum atomic E-state index is 12.6. The van der Waals surface area contributed by atoms with E-state index in [0.717, 1.165) is 41.3 Å². The molecule has 0 spiro atoms. The zero-order chi connectivity index (χ0) is 25.1. The number of nitrogens with two attached hydrogens (primary N) is 1. The number of aromatic nitrogens is 3. The number of unbranched alkanes of at least 4 members (excludes halogenated alkanes) is 4. The first-order valence-corrected chi connectivity index (χ1v) is 16.0. The molecule has 0 bridgehead atoms. The molecule has 192 valence electrons. The summed E-state index contributed by atoms with van der Waals surface area (Å²) < 4.78 is 6.70. The molecule has 0 unspecified atom stereocenters. The van der Waals surface area contributed by atoms with Gasteiger partial charge in [-0.2, -0.15) is 4.98 Å². The van der Waals surface area contributed by atoms with Crippen molar-refractivity contribution < 1.29 is 9.22 Å². The van der Waals surface area contributed by atoms with Gasteiger partial charge >= 0.3 is 0 Å². The van der Waals surface area contributed by atoms with Crippen molar-refractivity contribution in [2.24, 2.45) is 0 Å². The molecule has 8 heteroatoms. The lowest BCUT2D eigenvalue weighted by Gasteiger charge is -2.32. The van der Waals surface area contributed by atoms with Crippen LogP contribution >= 0.6 is 0 Å². The molecule has 0 fully saturated rings. The Kier molecular flexibility index (Phi) is 10.5. The minimum Gasteiger partial charge on any atom is -0.417 e. The predicted molar refractivity (Wildman–Crippen MR) is 149 cm³/mol. The van der Waals surface area contributed by atoms with E-state index in [-0.39, 0.29) is 5.91 Å². The quantitative estimate of drug-likeness (QED) is 0.144. The highest BCUT2D eigenvalue weighted by Gasteiger charge is 2.32. The first kappa shape index (κ1) is 27.1. The fourth-order valence-electron chi connectivity index (χ4n) is 4.81. The highest BCUT2D eigenvalue weighted by atomic mass is 28.4. The van der Waals surface area contributed by atoms with Crippen molar-refractivity contribution in [1.82, 2.24) is 15.0 Å². The van der Waals surface area contributed by atoms with Gasteiger partial charge in [0.2, 0.25) is 11.9 Å². The number of fused-ring (bicyclic) bond motifs is 3. The van der Waals surface area contributed by atoms with Crippen LogP contribution in [0.25, 0.3) is 21.8 Å². The Morgan fingerprint density at radius 1 is 1.00 bits per heavy atom. The second-order valence-electron chi connectivity index (χ2n) is 9.68. The number of hydrogen-bond acceptors (Lipinski definition) is 5. The number of carbonyl (C=O) groups is 1. The highest BCUT2D eigenvalue weighted by Crippen LogP contribution is 2.30. The maximum Gasteiger partial charge on any atom is 0.226 e. The molecule has 1 aromatic carbocycles. The molecule has 3 aromatic rings. The molecule has 0 aliphatic carbocycles. The van der Waals surface area contributed by atoms with Crippen LogP contribution in [0.3, 0.4) is 0 Å². The van der Waals surface area contributed by atoms with E-state index in [0.29, 0.717) is 18.2 Å². The Hall–Kier alpha value is -2.45. The average molecular weight is 498 g/mol. The number of hydrogen-bond donors (Lipinski definition) is 3. The van der Waals surface area contributed by atoms with Crippen molar-refractivity contribution in [3.05, 3.63) is 24.4 Å². The summed E-state index contributed by atoms with van der Waals surface area (Å²) in [5, 5.41) is 4.66. The van der Waals surface area contributed by atoms with Gasteiger partial charge in [-0.25, -0.2) is 0 Å². The van der Waals surface area contributed by atoms with Crippen molar-refractivity contribution in [3.63, 3.8) is 0 Å². The Labute approximate surface area is 210 Å². The third-order valence-electron chi connectivity index (χ3n) is 6.84. The first-order chi connectivity index (χ1) is 17.0. The molecule has 2 heterocycles. The van der Waals surface area contributed by atoms with Crippen LogP contribution in [0.5, 0.6) is 0 Å². The van der Waals surface area contributed by atoms with E-state index >= 15 is 0 Å². The van der Waals surface area contributed by atoms with Crippen molar-refractivity contribution in [1.29, 1.82) is 0 Å². The van der Waals surface area contributed by atoms with Gasteiger partial charge in [-0.15, -0.1) is 0 Å². The summed E-state index contributed by atoms with van der Waals surface area (Å²) in [6.07, 6.45) is 11.4. The minimum atomic E-state index is -1.68. The normalized spacial score (nSPS) is 12.0. The van der Waals surface area contributed by atoms with Crippen molar-refractivity contribution >= 4 is 47.8 Å². The summed E-state index contributed by atoms with van der Waals surface area (Å²) >= 11 is 0. The maximum absolute atomic E-state index is 12.6. The third kappa shape index (κ3) is 7.51. The van der Waals surface area contributed by atoms with E-state index in [1.165, 1.54) is 56.7 Å². The zero-order valence-corrected chi connectivity index (χ0v) is 22.8. The Morgan fingerprint density at radius 3 is 2.34 bits per heavy atom. The van der Waals surface area contributed by atoms with Crippen molar-refractivity contribution in [3.8, 4) is 0 Å². The van der Waals surface area contributed by atoms with E-state index in [4.69, 9.17) is 10.2 Å². The van der Waals surface area contributed by atoms with Crippen LogP contribution in [0, 0.1) is 0 Å². The lowest BCUT2D eigenvalue weighted by atomic mass is 10.1. The molecule has 0 aliphatic heterocycles. The van der Waals surface area contributed by atoms with Gasteiger partial charge in [0.15, 0.2) is 8.32 Å². The molecule has 35 heavy (non-hydrogen) atoms. The Morgan fingerprint density at radius 2 is 1.69 bits per heavy atom. The number of carbonyl (C=O) groups excluding carboxylic acids is 1. The van der Waals surface area contributed by atoms with Gasteiger partial charge in [0, 0.05) is 30.0 Å². The SMILES string of the molecule is CCCC[Si](CCCC)(CCCC)OCCCCC(=O)Nc1nc(N)c2c(ccc3nccc32)[nH]1. The molecule has 0 radical (unpaired) electrons. The van der Waals surface area contributed by atoms with Crippen LogP contribution in [-0.2, 0) is 9.22 Å². The number of amides is 1. The van der Waals surface area contributed by atoms with Crippen LogP contribution in [0.4, 0.5) is 11.8 Å². The smallest absolute Gasteiger partial charge is 0.226 e. The summed E-state index contributed by atoms with van der Waals surface area (Å²) in [4.78, 5) is 24.4. The highest BCUT2D eigenvalue weighted by molar-refractivity contribution is 6.73. The number of rotatable bonds is 16. The van der Waals surface area contributed by atoms with Crippen molar-refractivity contribution in [2.75, 3.05) is 17.7 Å². The van der Waals surface area contributed by atoms with Crippen LogP contribution in [-0.4, -0.2) is 35.8 Å². The minimum absolute atomic E-state index is 0.0602. The molecule has 0 atom stereocenters. The molecule has 4 N–H and O–H groups in total. The second kappa shape index (κ2) is 13.6. The third-order valence-corrected chi connectivity index (χ3v) is 11.5. The number of benzene rings is 1. The lowest BCUT2D eigenvalue weighted by Crippen LogP contribution is -2.38. The summed E-state index contributed by atoms with van der Waals surface area (Å²) in [7, 11) is -1.68. The van der Waals surface area contributed by atoms with Crippen LogP contribution in [0.2, 0.25) is 18.1 Å². The molecule has 7 nitrogen and oxygen atoms in total. The molecule has 3 rings (SSSR count). The van der Waals surface area contributed by atoms with E-state index in [1.54, 1.807) is 6.20 Å². The van der Waals surface area contributed by atoms with Crippen LogP contribution in [0.1, 0.15) is 78.6 Å². The summed E-state index contributed by atoms with van der Waals surface area (Å²) in [6, 6.07) is 9.62. The van der Waals surface area contributed by atoms with Gasteiger partial charge < -0.3 is 15.1 Å². The number of nitrogens with zero attached hydrogens (tertiary/aromatic N) is 2. The lowest BCUT2D eigenvalue weighted by molar-refractivity contribution is -0.116. The number of nitrogen functional groups attached to an aromatic ring is 1. The van der Waals surface area contributed by atoms with Crippen molar-refractivity contribution in [2.45, 2.75) is 96.7 Å². The number of nitrogens with one attached hydrogen (secondary N) is 2. The number of aromatic amines is 1. The van der Waals surface area contributed by atoms with Crippen LogP contribution in [0.15, 0.2) is 24.4 Å². The number of anilines is 2. The molecule has 2 aromatic heterocycles. The number of H-pyrrole nitrogens is 1.